The highest BCUT2D eigenvalue weighted by Crippen LogP contribution is 2.55. The van der Waals surface area contributed by atoms with E-state index >= 15 is 0 Å². The average molecular weight is 1050 g/mol. The topological polar surface area (TPSA) is 219 Å². The maximum absolute atomic E-state index is 13.3. The van der Waals surface area contributed by atoms with Gasteiger partial charge in [0.05, 0.1) is 88.0 Å². The van der Waals surface area contributed by atoms with Crippen LogP contribution in [0.25, 0.3) is 0 Å². The second-order valence-corrected chi connectivity index (χ2v) is 20.6. The van der Waals surface area contributed by atoms with Gasteiger partial charge in [-0.3, -0.25) is 14.4 Å². The van der Waals surface area contributed by atoms with Crippen molar-refractivity contribution in [2.75, 3.05) is 114 Å². The Hall–Kier alpha value is -6.37. The predicted molar refractivity (Wildman–Crippen MR) is 286 cm³/mol. The van der Waals surface area contributed by atoms with Gasteiger partial charge in [0.1, 0.15) is 35.4 Å². The summed E-state index contributed by atoms with van der Waals surface area (Å²) in [7, 11) is 7.05. The van der Waals surface area contributed by atoms with Crippen LogP contribution < -0.4 is 39.7 Å². The van der Waals surface area contributed by atoms with Crippen molar-refractivity contribution in [2.24, 2.45) is 10.8 Å². The second kappa shape index (κ2) is 25.4. The number of carbonyl (C=O) groups excluding carboxylic acids is 3. The van der Waals surface area contributed by atoms with E-state index in [-0.39, 0.29) is 42.0 Å². The molecule has 0 spiro atoms. The van der Waals surface area contributed by atoms with Crippen molar-refractivity contribution in [3.8, 4) is 17.6 Å². The lowest BCUT2D eigenvalue weighted by molar-refractivity contribution is -0.164. The fraction of sp³-hybridized carbons (Fsp3) is 0.556. The molecular weight excluding hydrogens is 982 g/mol. The van der Waals surface area contributed by atoms with E-state index in [0.29, 0.717) is 129 Å². The highest BCUT2D eigenvalue weighted by Gasteiger charge is 2.64. The molecule has 2 aromatic carbocycles. The van der Waals surface area contributed by atoms with Crippen LogP contribution in [-0.4, -0.2) is 156 Å². The molecule has 4 aromatic rings. The number of fused-ring (bicyclic) bond motifs is 1. The first-order chi connectivity index (χ1) is 36.0. The summed E-state index contributed by atoms with van der Waals surface area (Å²) in [5.41, 5.74) is 1.74. The molecular formula is C54H72ClN11O9. The molecule has 0 unspecified atom stereocenters. The Bertz CT molecular complexity index is 2630. The van der Waals surface area contributed by atoms with Crippen molar-refractivity contribution in [2.45, 2.75) is 91.0 Å². The summed E-state index contributed by atoms with van der Waals surface area (Å²) in [6.45, 7) is 14.2. The second-order valence-electron chi connectivity index (χ2n) is 20.2. The van der Waals surface area contributed by atoms with Crippen molar-refractivity contribution in [3.63, 3.8) is 0 Å². The SMILES string of the molecule is CC[C@@H]1C(=O)N(C)c2cnc(N(C)c3ccc(C(=O)NCCOCCOCCOCCOCCN(C)c4ncc(C(=O)NC5C(C)(C)C(Oc6ccc(C#N)c(Cl)c6)C5(C)C)cn4)cc3OC)nc2N1C1CCCC1. The van der Waals surface area contributed by atoms with Crippen molar-refractivity contribution < 1.29 is 42.8 Å². The number of ether oxygens (including phenoxy) is 6. The number of amides is 3. The van der Waals surface area contributed by atoms with Crippen LogP contribution in [-0.2, 0) is 23.7 Å². The van der Waals surface area contributed by atoms with Gasteiger partial charge in [-0.2, -0.15) is 10.2 Å². The van der Waals surface area contributed by atoms with Gasteiger partial charge in [0.2, 0.25) is 17.8 Å². The number of halogens is 1. The van der Waals surface area contributed by atoms with Crippen LogP contribution in [0.1, 0.15) is 93.0 Å². The molecule has 404 valence electrons. The van der Waals surface area contributed by atoms with Gasteiger partial charge in [-0.25, -0.2) is 15.0 Å². The first-order valence-electron chi connectivity index (χ1n) is 25.7. The van der Waals surface area contributed by atoms with Gasteiger partial charge in [-0.05, 0) is 49.6 Å². The van der Waals surface area contributed by atoms with E-state index in [1.165, 1.54) is 12.4 Å². The molecule has 2 aliphatic carbocycles. The zero-order valence-electron chi connectivity index (χ0n) is 44.7. The average Bonchev–Trinajstić information content (AvgIpc) is 3.95. The van der Waals surface area contributed by atoms with Gasteiger partial charge in [0.15, 0.2) is 5.82 Å². The van der Waals surface area contributed by atoms with E-state index in [1.54, 1.807) is 55.6 Å². The van der Waals surface area contributed by atoms with Crippen molar-refractivity contribution in [1.82, 2.24) is 30.6 Å². The molecule has 21 heteroatoms. The fourth-order valence-corrected chi connectivity index (χ4v) is 10.8. The number of nitrogens with one attached hydrogen (secondary N) is 2. The maximum Gasteiger partial charge on any atom is 0.254 e. The minimum atomic E-state index is -0.405. The molecule has 2 aromatic heterocycles. The van der Waals surface area contributed by atoms with E-state index in [0.717, 1.165) is 31.5 Å². The molecule has 3 aliphatic rings. The molecule has 3 amide bonds. The smallest absolute Gasteiger partial charge is 0.254 e. The molecule has 0 radical (unpaired) electrons. The third-order valence-corrected chi connectivity index (χ3v) is 14.7. The van der Waals surface area contributed by atoms with Crippen LogP contribution in [0.15, 0.2) is 55.0 Å². The van der Waals surface area contributed by atoms with Gasteiger partial charge >= 0.3 is 0 Å². The molecule has 2 N–H and O–H groups in total. The largest absolute Gasteiger partial charge is 0.495 e. The first-order valence-corrected chi connectivity index (χ1v) is 26.0. The molecule has 1 aliphatic heterocycles. The number of hydrogen-bond acceptors (Lipinski definition) is 17. The molecule has 2 fully saturated rings. The van der Waals surface area contributed by atoms with Crippen LogP contribution in [0, 0.1) is 22.2 Å². The van der Waals surface area contributed by atoms with Gasteiger partial charge in [0.25, 0.3) is 11.8 Å². The Labute approximate surface area is 445 Å². The maximum atomic E-state index is 13.3. The summed E-state index contributed by atoms with van der Waals surface area (Å²) in [5, 5.41) is 15.6. The molecule has 3 heterocycles. The lowest BCUT2D eigenvalue weighted by Crippen LogP contribution is -2.74. The standard InChI is InChI=1S/C54H72ClN11O9/c1-10-41-48(69)64(7)43-34-60-52(61-45(43)66(41)38-13-11-12-14-38)65(8)42-18-16-35(29-44(42)70-9)46(67)57-19-21-71-23-25-73-27-28-74-26-24-72-22-20-63(6)51-58-32-37(33-59-51)47(68)62-49-53(2,3)50(54(49,4)5)75-39-17-15-36(31-56)40(55)30-39/h15-18,29-30,32-34,38,41,49-50H,10-14,19-28H2,1-9H3,(H,57,67)(H,62,68)/t41-,49?,50?/m1/s1. The summed E-state index contributed by atoms with van der Waals surface area (Å²) >= 11 is 6.23. The fourth-order valence-electron chi connectivity index (χ4n) is 10.6. The quantitative estimate of drug-likeness (QED) is 0.0632. The normalized spacial score (nSPS) is 18.7. The molecule has 7 rings (SSSR count). The van der Waals surface area contributed by atoms with Crippen LogP contribution in [0.4, 0.5) is 29.1 Å². The number of rotatable bonds is 26. The Morgan fingerprint density at radius 3 is 2.08 bits per heavy atom. The van der Waals surface area contributed by atoms with Crippen LogP contribution in [0.5, 0.6) is 11.5 Å². The number of methoxy groups -OCH3 is 1. The van der Waals surface area contributed by atoms with Gasteiger partial charge in [-0.15, -0.1) is 0 Å². The lowest BCUT2D eigenvalue weighted by Gasteiger charge is -2.63. The Morgan fingerprint density at radius 2 is 1.47 bits per heavy atom. The van der Waals surface area contributed by atoms with Crippen molar-refractivity contribution >= 4 is 58.4 Å². The molecule has 1 atom stereocenters. The number of carbonyl (C=O) groups is 3. The number of likely N-dealkylation sites (N-methyl/N-ethyl adjacent to an activating group) is 2. The molecule has 0 saturated heterocycles. The van der Waals surface area contributed by atoms with Gasteiger partial charge in [0, 0.05) is 81.2 Å². The van der Waals surface area contributed by atoms with E-state index in [2.05, 4.69) is 36.6 Å². The van der Waals surface area contributed by atoms with Gasteiger partial charge < -0.3 is 58.7 Å². The number of benzene rings is 2. The zero-order chi connectivity index (χ0) is 53.9. The zero-order valence-corrected chi connectivity index (χ0v) is 45.4. The van der Waals surface area contributed by atoms with Crippen LogP contribution >= 0.6 is 11.6 Å². The molecule has 2 saturated carbocycles. The van der Waals surface area contributed by atoms with E-state index in [9.17, 15) is 19.6 Å². The first kappa shape index (κ1) is 56.4. The Kier molecular flexibility index (Phi) is 19.1. The third-order valence-electron chi connectivity index (χ3n) is 14.4. The summed E-state index contributed by atoms with van der Waals surface area (Å²) in [5.74, 6) is 2.27. The molecule has 75 heavy (non-hydrogen) atoms. The van der Waals surface area contributed by atoms with Crippen LogP contribution in [0.2, 0.25) is 5.02 Å². The minimum absolute atomic E-state index is 0.0625. The lowest BCUT2D eigenvalue weighted by atomic mass is 9.49. The Morgan fingerprint density at radius 1 is 0.840 bits per heavy atom. The summed E-state index contributed by atoms with van der Waals surface area (Å²) in [6, 6.07) is 12.1. The monoisotopic (exact) mass is 1050 g/mol. The van der Waals surface area contributed by atoms with E-state index < -0.39 is 10.8 Å². The summed E-state index contributed by atoms with van der Waals surface area (Å²) in [6.07, 6.45) is 9.55. The van der Waals surface area contributed by atoms with E-state index in [4.69, 9.17) is 45.0 Å². The third kappa shape index (κ3) is 13.0. The van der Waals surface area contributed by atoms with Gasteiger partial charge in [-0.1, -0.05) is 59.1 Å². The highest BCUT2D eigenvalue weighted by molar-refractivity contribution is 6.31. The summed E-state index contributed by atoms with van der Waals surface area (Å²) < 4.78 is 34.7. The molecule has 20 nitrogen and oxygen atoms in total. The predicted octanol–water partition coefficient (Wildman–Crippen LogP) is 6.62. The Balaban J connectivity index is 0.724. The number of hydrogen-bond donors (Lipinski definition) is 2. The van der Waals surface area contributed by atoms with E-state index in [1.807, 2.05) is 64.6 Å². The minimum Gasteiger partial charge on any atom is -0.495 e. The van der Waals surface area contributed by atoms with Crippen LogP contribution in [0.3, 0.4) is 0 Å². The summed E-state index contributed by atoms with van der Waals surface area (Å²) in [4.78, 5) is 65.8. The number of aromatic nitrogens is 4. The highest BCUT2D eigenvalue weighted by atomic mass is 35.5. The van der Waals surface area contributed by atoms with Crippen molar-refractivity contribution in [3.05, 3.63) is 76.7 Å². The number of nitriles is 1. The number of nitrogens with zero attached hydrogens (tertiary/aromatic N) is 9. The number of anilines is 5. The van der Waals surface area contributed by atoms with Crippen molar-refractivity contribution in [1.29, 1.82) is 5.26 Å². The molecule has 0 bridgehead atoms.